The first-order chi connectivity index (χ1) is 7.26. The van der Waals surface area contributed by atoms with Gasteiger partial charge in [-0.15, -0.1) is 0 Å². The Morgan fingerprint density at radius 2 is 2.13 bits per heavy atom. The number of rotatable bonds is 2. The molecule has 0 bridgehead atoms. The van der Waals surface area contributed by atoms with Crippen LogP contribution in [0.1, 0.15) is 0 Å². The zero-order valence-electron chi connectivity index (χ0n) is 8.40. The summed E-state index contributed by atoms with van der Waals surface area (Å²) in [4.78, 5) is 18.3. The van der Waals surface area contributed by atoms with Gasteiger partial charge in [0, 0.05) is 12.3 Å². The largest absolute Gasteiger partial charge is 0.496 e. The third kappa shape index (κ3) is 1.52. The van der Waals surface area contributed by atoms with Gasteiger partial charge in [-0.2, -0.15) is 0 Å². The van der Waals surface area contributed by atoms with Crippen LogP contribution in [0.5, 0.6) is 11.6 Å². The van der Waals surface area contributed by atoms with Crippen molar-refractivity contribution < 1.29 is 9.47 Å². The molecule has 2 aromatic rings. The first-order valence-corrected chi connectivity index (χ1v) is 4.36. The summed E-state index contributed by atoms with van der Waals surface area (Å²) in [6, 6.07) is 3.28. The van der Waals surface area contributed by atoms with E-state index in [1.807, 2.05) is 0 Å². The number of methoxy groups -OCH3 is 2. The second kappa shape index (κ2) is 3.61. The highest BCUT2D eigenvalue weighted by atomic mass is 16.5. The normalized spacial score (nSPS) is 10.3. The summed E-state index contributed by atoms with van der Waals surface area (Å²) in [5.41, 5.74) is 0.328. The van der Waals surface area contributed by atoms with Crippen molar-refractivity contribution >= 4 is 10.9 Å². The molecule has 0 unspecified atom stereocenters. The highest BCUT2D eigenvalue weighted by molar-refractivity contribution is 5.84. The Hall–Kier alpha value is -2.04. The van der Waals surface area contributed by atoms with Gasteiger partial charge in [0.2, 0.25) is 5.88 Å². The predicted octanol–water partition coefficient (Wildman–Crippen LogP) is 0.940. The molecule has 5 nitrogen and oxygen atoms in total. The molecular formula is C10H10N2O3. The second-order valence-corrected chi connectivity index (χ2v) is 2.93. The Labute approximate surface area is 85.7 Å². The lowest BCUT2D eigenvalue weighted by Crippen LogP contribution is -2.07. The van der Waals surface area contributed by atoms with Gasteiger partial charge in [-0.1, -0.05) is 0 Å². The Bertz CT molecular complexity index is 548. The quantitative estimate of drug-likeness (QED) is 0.794. The molecule has 0 fully saturated rings. The lowest BCUT2D eigenvalue weighted by molar-refractivity contribution is 0.386. The fourth-order valence-electron chi connectivity index (χ4n) is 1.40. The first kappa shape index (κ1) is 9.51. The zero-order chi connectivity index (χ0) is 10.8. The van der Waals surface area contributed by atoms with Gasteiger partial charge in [0.05, 0.1) is 19.7 Å². The van der Waals surface area contributed by atoms with Gasteiger partial charge in [-0.3, -0.25) is 4.79 Å². The number of ether oxygens (including phenoxy) is 2. The molecule has 0 saturated carbocycles. The topological polar surface area (TPSA) is 64.2 Å². The lowest BCUT2D eigenvalue weighted by atomic mass is 10.2. The fraction of sp³-hybridized carbons (Fsp3) is 0.200. The highest BCUT2D eigenvalue weighted by Gasteiger charge is 2.09. The Balaban J connectivity index is 2.87. The molecule has 2 rings (SSSR count). The average molecular weight is 206 g/mol. The molecule has 0 saturated heterocycles. The third-order valence-electron chi connectivity index (χ3n) is 2.10. The van der Waals surface area contributed by atoms with E-state index in [9.17, 15) is 4.79 Å². The summed E-state index contributed by atoms with van der Waals surface area (Å²) in [6.45, 7) is 0. The lowest BCUT2D eigenvalue weighted by Gasteiger charge is -2.06. The molecule has 0 amide bonds. The molecule has 0 aliphatic carbocycles. The molecule has 0 spiro atoms. The fourth-order valence-corrected chi connectivity index (χ4v) is 1.40. The highest BCUT2D eigenvalue weighted by Crippen LogP contribution is 2.24. The van der Waals surface area contributed by atoms with Gasteiger partial charge in [-0.05, 0) is 6.07 Å². The maximum absolute atomic E-state index is 11.5. The van der Waals surface area contributed by atoms with Crippen molar-refractivity contribution in [1.29, 1.82) is 0 Å². The molecule has 0 aliphatic heterocycles. The minimum atomic E-state index is -0.223. The van der Waals surface area contributed by atoms with Gasteiger partial charge in [0.15, 0.2) is 0 Å². The van der Waals surface area contributed by atoms with Crippen molar-refractivity contribution in [3.05, 3.63) is 28.7 Å². The molecule has 0 radical (unpaired) electrons. The van der Waals surface area contributed by atoms with E-state index in [1.165, 1.54) is 20.4 Å². The van der Waals surface area contributed by atoms with Crippen LogP contribution >= 0.6 is 0 Å². The van der Waals surface area contributed by atoms with Crippen molar-refractivity contribution in [3.63, 3.8) is 0 Å². The van der Waals surface area contributed by atoms with E-state index in [0.29, 0.717) is 22.5 Å². The van der Waals surface area contributed by atoms with Crippen LogP contribution in [0.25, 0.3) is 10.9 Å². The van der Waals surface area contributed by atoms with Crippen molar-refractivity contribution in [3.8, 4) is 11.6 Å². The minimum absolute atomic E-state index is 0.223. The van der Waals surface area contributed by atoms with Gasteiger partial charge < -0.3 is 14.5 Å². The maximum atomic E-state index is 11.5. The van der Waals surface area contributed by atoms with Crippen LogP contribution < -0.4 is 15.0 Å². The van der Waals surface area contributed by atoms with E-state index < -0.39 is 0 Å². The summed E-state index contributed by atoms with van der Waals surface area (Å²) in [5.74, 6) is 0.878. The summed E-state index contributed by atoms with van der Waals surface area (Å²) in [6.07, 6.45) is 1.54. The standard InChI is InChI=1S/C10H10N2O3/c1-14-7-5-8(15-2)12-6-3-4-11-10(13)9(6)7/h3-5H,1-2H3,(H,11,13). The van der Waals surface area contributed by atoms with E-state index in [-0.39, 0.29) is 5.56 Å². The SMILES string of the molecule is COc1cc(OC)c2c(=O)[nH]ccc2n1. The Morgan fingerprint density at radius 3 is 2.80 bits per heavy atom. The van der Waals surface area contributed by atoms with Crippen LogP contribution in [0, 0.1) is 0 Å². The molecule has 2 aromatic heterocycles. The molecule has 1 N–H and O–H groups in total. The summed E-state index contributed by atoms with van der Waals surface area (Å²) >= 11 is 0. The molecular weight excluding hydrogens is 196 g/mol. The number of nitrogens with one attached hydrogen (secondary N) is 1. The molecule has 78 valence electrons. The summed E-state index contributed by atoms with van der Waals surface area (Å²) in [5, 5.41) is 0.431. The van der Waals surface area contributed by atoms with Crippen LogP contribution in [-0.4, -0.2) is 24.2 Å². The smallest absolute Gasteiger partial charge is 0.261 e. The van der Waals surface area contributed by atoms with Gasteiger partial charge in [0.1, 0.15) is 11.1 Å². The third-order valence-corrected chi connectivity index (χ3v) is 2.10. The van der Waals surface area contributed by atoms with E-state index in [2.05, 4.69) is 9.97 Å². The number of aromatic amines is 1. The Morgan fingerprint density at radius 1 is 1.33 bits per heavy atom. The zero-order valence-corrected chi connectivity index (χ0v) is 8.40. The number of pyridine rings is 2. The monoisotopic (exact) mass is 206 g/mol. The van der Waals surface area contributed by atoms with Crippen molar-refractivity contribution in [1.82, 2.24) is 9.97 Å². The van der Waals surface area contributed by atoms with Crippen LogP contribution in [0.3, 0.4) is 0 Å². The minimum Gasteiger partial charge on any atom is -0.496 e. The molecule has 0 atom stereocenters. The number of nitrogens with zero attached hydrogens (tertiary/aromatic N) is 1. The average Bonchev–Trinajstić information content (AvgIpc) is 2.27. The molecule has 15 heavy (non-hydrogen) atoms. The van der Waals surface area contributed by atoms with E-state index >= 15 is 0 Å². The number of hydrogen-bond donors (Lipinski definition) is 1. The number of aromatic nitrogens is 2. The van der Waals surface area contributed by atoms with E-state index in [1.54, 1.807) is 12.1 Å². The first-order valence-electron chi connectivity index (χ1n) is 4.36. The number of hydrogen-bond acceptors (Lipinski definition) is 4. The number of H-pyrrole nitrogens is 1. The van der Waals surface area contributed by atoms with Crippen LogP contribution in [0.4, 0.5) is 0 Å². The van der Waals surface area contributed by atoms with Crippen LogP contribution in [0.15, 0.2) is 23.1 Å². The number of fused-ring (bicyclic) bond motifs is 1. The van der Waals surface area contributed by atoms with Gasteiger partial charge >= 0.3 is 0 Å². The van der Waals surface area contributed by atoms with Crippen molar-refractivity contribution in [2.24, 2.45) is 0 Å². The molecule has 5 heteroatoms. The Kier molecular flexibility index (Phi) is 2.29. The predicted molar refractivity (Wildman–Crippen MR) is 55.5 cm³/mol. The molecule has 0 aliphatic rings. The maximum Gasteiger partial charge on any atom is 0.261 e. The van der Waals surface area contributed by atoms with Crippen LogP contribution in [-0.2, 0) is 0 Å². The second-order valence-electron chi connectivity index (χ2n) is 2.93. The molecule has 2 heterocycles. The van der Waals surface area contributed by atoms with Crippen LogP contribution in [0.2, 0.25) is 0 Å². The molecule has 0 aromatic carbocycles. The van der Waals surface area contributed by atoms with E-state index in [0.717, 1.165) is 0 Å². The van der Waals surface area contributed by atoms with Crippen molar-refractivity contribution in [2.45, 2.75) is 0 Å². The van der Waals surface area contributed by atoms with E-state index in [4.69, 9.17) is 9.47 Å². The van der Waals surface area contributed by atoms with Gasteiger partial charge in [0.25, 0.3) is 5.56 Å². The summed E-state index contributed by atoms with van der Waals surface area (Å²) in [7, 11) is 3.02. The van der Waals surface area contributed by atoms with Crippen molar-refractivity contribution in [2.75, 3.05) is 14.2 Å². The van der Waals surface area contributed by atoms with Gasteiger partial charge in [-0.25, -0.2) is 4.98 Å². The summed E-state index contributed by atoms with van der Waals surface area (Å²) < 4.78 is 10.1.